The van der Waals surface area contributed by atoms with Crippen molar-refractivity contribution >= 4 is 28.1 Å². The Balaban J connectivity index is 1.95. The van der Waals surface area contributed by atoms with Crippen LogP contribution in [0, 0.1) is 10.1 Å². The second-order valence-corrected chi connectivity index (χ2v) is 5.73. The summed E-state index contributed by atoms with van der Waals surface area (Å²) in [6, 6.07) is 10.7. The van der Waals surface area contributed by atoms with Crippen LogP contribution >= 0.6 is 0 Å². The van der Waals surface area contributed by atoms with Crippen LogP contribution in [0.4, 0.5) is 17.2 Å². The Morgan fingerprint density at radius 2 is 1.96 bits per heavy atom. The van der Waals surface area contributed by atoms with Crippen LogP contribution in [0.15, 0.2) is 42.7 Å². The number of hydrogen-bond donors (Lipinski definition) is 3. The summed E-state index contributed by atoms with van der Waals surface area (Å²) in [4.78, 5) is 19.4. The summed E-state index contributed by atoms with van der Waals surface area (Å²) in [7, 11) is 0. The Morgan fingerprint density at radius 1 is 1.15 bits per heavy atom. The van der Waals surface area contributed by atoms with Crippen molar-refractivity contribution in [2.45, 2.75) is 20.1 Å². The van der Waals surface area contributed by atoms with Crippen molar-refractivity contribution in [2.24, 2.45) is 0 Å². The van der Waals surface area contributed by atoms with E-state index in [4.69, 9.17) is 0 Å². The summed E-state index contributed by atoms with van der Waals surface area (Å²) < 4.78 is 0. The lowest BCUT2D eigenvalue weighted by atomic mass is 10.1. The summed E-state index contributed by atoms with van der Waals surface area (Å²) in [6.07, 6.45) is 1.43. The number of hydrogen-bond acceptors (Lipinski definition) is 7. The molecule has 0 amide bonds. The fourth-order valence-corrected chi connectivity index (χ4v) is 2.74. The van der Waals surface area contributed by atoms with Gasteiger partial charge in [-0.05, 0) is 24.1 Å². The van der Waals surface area contributed by atoms with Crippen LogP contribution < -0.4 is 10.6 Å². The second kappa shape index (κ2) is 7.75. The van der Waals surface area contributed by atoms with Gasteiger partial charge in [0.25, 0.3) is 5.69 Å². The quantitative estimate of drug-likeness (QED) is 0.442. The van der Waals surface area contributed by atoms with Gasteiger partial charge >= 0.3 is 0 Å². The Bertz CT molecular complexity index is 945. The molecule has 3 aromatic rings. The number of nitrogens with zero attached hydrogens (tertiary/aromatic N) is 3. The highest BCUT2D eigenvalue weighted by atomic mass is 16.6. The molecule has 134 valence electrons. The van der Waals surface area contributed by atoms with Crippen LogP contribution in [0.2, 0.25) is 0 Å². The molecule has 1 aromatic heterocycles. The predicted molar refractivity (Wildman–Crippen MR) is 100 cm³/mol. The number of nitro groups is 1. The SMILES string of the molecule is CCNc1cc2ncnc(NCc3cccc(CO)c3)c2cc1[N+](=O)[O-]. The van der Waals surface area contributed by atoms with E-state index in [-0.39, 0.29) is 12.3 Å². The first-order valence-electron chi connectivity index (χ1n) is 8.22. The minimum Gasteiger partial charge on any atom is -0.392 e. The molecule has 3 rings (SSSR count). The first-order chi connectivity index (χ1) is 12.6. The maximum Gasteiger partial charge on any atom is 0.293 e. The van der Waals surface area contributed by atoms with Gasteiger partial charge in [0.1, 0.15) is 17.8 Å². The lowest BCUT2D eigenvalue weighted by molar-refractivity contribution is -0.383. The maximum atomic E-state index is 11.4. The zero-order valence-electron chi connectivity index (χ0n) is 14.3. The summed E-state index contributed by atoms with van der Waals surface area (Å²) >= 11 is 0. The van der Waals surface area contributed by atoms with Crippen molar-refractivity contribution in [3.8, 4) is 0 Å². The number of anilines is 2. The molecule has 0 spiro atoms. The van der Waals surface area contributed by atoms with Crippen molar-refractivity contribution in [1.29, 1.82) is 0 Å². The second-order valence-electron chi connectivity index (χ2n) is 5.73. The normalized spacial score (nSPS) is 10.7. The summed E-state index contributed by atoms with van der Waals surface area (Å²) in [5.41, 5.74) is 2.84. The molecule has 0 atom stereocenters. The van der Waals surface area contributed by atoms with Gasteiger partial charge in [-0.25, -0.2) is 9.97 Å². The molecule has 0 aliphatic carbocycles. The van der Waals surface area contributed by atoms with E-state index in [1.165, 1.54) is 12.4 Å². The number of nitrogens with one attached hydrogen (secondary N) is 2. The van der Waals surface area contributed by atoms with Crippen molar-refractivity contribution in [1.82, 2.24) is 9.97 Å². The Kier molecular flexibility index (Phi) is 5.23. The topological polar surface area (TPSA) is 113 Å². The Hall–Kier alpha value is -3.26. The number of aromatic nitrogens is 2. The van der Waals surface area contributed by atoms with E-state index in [1.54, 1.807) is 6.07 Å². The number of aliphatic hydroxyl groups excluding tert-OH is 1. The lowest BCUT2D eigenvalue weighted by Gasteiger charge is -2.11. The van der Waals surface area contributed by atoms with E-state index in [0.29, 0.717) is 35.5 Å². The van der Waals surface area contributed by atoms with Gasteiger partial charge in [0.15, 0.2) is 0 Å². The largest absolute Gasteiger partial charge is 0.392 e. The average Bonchev–Trinajstić information content (AvgIpc) is 2.66. The monoisotopic (exact) mass is 353 g/mol. The summed E-state index contributed by atoms with van der Waals surface area (Å²) in [5, 5.41) is 27.4. The molecule has 0 saturated heterocycles. The highest BCUT2D eigenvalue weighted by Gasteiger charge is 2.17. The highest BCUT2D eigenvalue weighted by molar-refractivity contribution is 5.94. The first-order valence-corrected chi connectivity index (χ1v) is 8.22. The molecule has 0 aliphatic rings. The lowest BCUT2D eigenvalue weighted by Crippen LogP contribution is -2.05. The molecule has 0 unspecified atom stereocenters. The standard InChI is InChI=1S/C18H19N5O3/c1-2-19-16-8-15-14(7-17(16)23(25)26)18(22-11-21-15)20-9-12-4-3-5-13(6-12)10-24/h3-8,11,19,24H,2,9-10H2,1H3,(H,20,21,22). The predicted octanol–water partition coefficient (Wildman–Crippen LogP) is 3.07. The maximum absolute atomic E-state index is 11.4. The van der Waals surface area contributed by atoms with E-state index in [2.05, 4.69) is 20.6 Å². The Labute approximate surface area is 150 Å². The Morgan fingerprint density at radius 3 is 2.69 bits per heavy atom. The highest BCUT2D eigenvalue weighted by Crippen LogP contribution is 2.32. The number of fused-ring (bicyclic) bond motifs is 1. The van der Waals surface area contributed by atoms with E-state index in [1.807, 2.05) is 31.2 Å². The summed E-state index contributed by atoms with van der Waals surface area (Å²) in [5.74, 6) is 0.524. The molecule has 2 aromatic carbocycles. The molecular formula is C18H19N5O3. The van der Waals surface area contributed by atoms with Gasteiger partial charge in [0.05, 0.1) is 17.0 Å². The fraction of sp³-hybridized carbons (Fsp3) is 0.222. The molecule has 8 nitrogen and oxygen atoms in total. The molecule has 26 heavy (non-hydrogen) atoms. The smallest absolute Gasteiger partial charge is 0.293 e. The van der Waals surface area contributed by atoms with Gasteiger partial charge in [0, 0.05) is 24.5 Å². The molecular weight excluding hydrogens is 334 g/mol. The number of benzene rings is 2. The molecule has 0 saturated carbocycles. The van der Waals surface area contributed by atoms with Gasteiger partial charge in [-0.2, -0.15) is 0 Å². The molecule has 0 bridgehead atoms. The van der Waals surface area contributed by atoms with E-state index < -0.39 is 4.92 Å². The van der Waals surface area contributed by atoms with Crippen molar-refractivity contribution in [3.05, 3.63) is 64.0 Å². The molecule has 0 aliphatic heterocycles. The van der Waals surface area contributed by atoms with Crippen LogP contribution in [0.1, 0.15) is 18.1 Å². The third kappa shape index (κ3) is 3.70. The van der Waals surface area contributed by atoms with Gasteiger partial charge < -0.3 is 15.7 Å². The third-order valence-corrected chi connectivity index (χ3v) is 3.95. The minimum absolute atomic E-state index is 0.0144. The van der Waals surface area contributed by atoms with Crippen molar-refractivity contribution < 1.29 is 10.0 Å². The van der Waals surface area contributed by atoms with Gasteiger partial charge in [-0.15, -0.1) is 0 Å². The summed E-state index contributed by atoms with van der Waals surface area (Å²) in [6.45, 7) is 2.90. The first kappa shape index (κ1) is 17.6. The van der Waals surface area contributed by atoms with Crippen molar-refractivity contribution in [2.75, 3.05) is 17.2 Å². The van der Waals surface area contributed by atoms with Crippen LogP contribution in [0.5, 0.6) is 0 Å². The minimum atomic E-state index is -0.418. The van der Waals surface area contributed by atoms with Crippen LogP contribution in [-0.2, 0) is 13.2 Å². The molecule has 1 heterocycles. The molecule has 8 heteroatoms. The van der Waals surface area contributed by atoms with Crippen molar-refractivity contribution in [3.63, 3.8) is 0 Å². The van der Waals surface area contributed by atoms with Gasteiger partial charge in [-0.1, -0.05) is 24.3 Å². The van der Waals surface area contributed by atoms with E-state index >= 15 is 0 Å². The zero-order chi connectivity index (χ0) is 18.5. The third-order valence-electron chi connectivity index (χ3n) is 3.95. The van der Waals surface area contributed by atoms with E-state index in [9.17, 15) is 15.2 Å². The number of nitro benzene ring substituents is 1. The van der Waals surface area contributed by atoms with Gasteiger partial charge in [0.2, 0.25) is 0 Å². The molecule has 3 N–H and O–H groups in total. The average molecular weight is 353 g/mol. The van der Waals surface area contributed by atoms with Crippen LogP contribution in [0.3, 0.4) is 0 Å². The van der Waals surface area contributed by atoms with Crippen LogP contribution in [0.25, 0.3) is 10.9 Å². The number of aliphatic hydroxyl groups is 1. The van der Waals surface area contributed by atoms with E-state index in [0.717, 1.165) is 11.1 Å². The fourth-order valence-electron chi connectivity index (χ4n) is 2.74. The number of rotatable bonds is 7. The van der Waals surface area contributed by atoms with Gasteiger partial charge in [-0.3, -0.25) is 10.1 Å². The zero-order valence-corrected chi connectivity index (χ0v) is 14.3. The molecule has 0 radical (unpaired) electrons. The van der Waals surface area contributed by atoms with Crippen LogP contribution in [-0.4, -0.2) is 26.5 Å². The molecule has 0 fully saturated rings.